The Kier molecular flexibility index (Phi) is 7.76. The fourth-order valence-corrected chi connectivity index (χ4v) is 7.62. The molecule has 7 nitrogen and oxygen atoms in total. The molecule has 0 unspecified atom stereocenters. The van der Waals surface area contributed by atoms with Crippen molar-refractivity contribution in [2.45, 2.75) is 81.1 Å². The predicted molar refractivity (Wildman–Crippen MR) is 151 cm³/mol. The van der Waals surface area contributed by atoms with E-state index >= 15 is 0 Å². The van der Waals surface area contributed by atoms with Crippen molar-refractivity contribution in [3.63, 3.8) is 0 Å². The number of carbonyl (C=O) groups is 1. The van der Waals surface area contributed by atoms with Crippen molar-refractivity contribution < 1.29 is 23.1 Å². The molecule has 2 saturated carbocycles. The number of fused-ring (bicyclic) bond motifs is 1. The smallest absolute Gasteiger partial charge is 0.393 e. The number of halogens is 3. The van der Waals surface area contributed by atoms with Crippen LogP contribution in [-0.2, 0) is 5.41 Å². The summed E-state index contributed by atoms with van der Waals surface area (Å²) in [5, 5.41) is 12.8. The van der Waals surface area contributed by atoms with Gasteiger partial charge in [-0.15, -0.1) is 0 Å². The van der Waals surface area contributed by atoms with Crippen LogP contribution < -0.4 is 11.1 Å². The molecular weight excluding hydrogens is 531 g/mol. The number of hydrogen-bond donors (Lipinski definition) is 3. The molecule has 4 N–H and O–H groups in total. The van der Waals surface area contributed by atoms with Gasteiger partial charge in [-0.25, -0.2) is 4.98 Å². The van der Waals surface area contributed by atoms with Crippen LogP contribution in [0.15, 0.2) is 36.5 Å². The number of piperidine rings is 1. The fraction of sp³-hybridized carbons (Fsp3) is 0.613. The van der Waals surface area contributed by atoms with E-state index in [1.807, 2.05) is 0 Å². The standard InChI is InChI=1S/C31H40F3N5O2/c32-31(33,34)19-38-13-10-25(11-14-38)39-17-23-9-12-30(23,18-39)22-3-1-20(2-4-22)21-15-27(28(35)36-16-21)29(41)37-24-5-7-26(40)8-6-24/h1-4,15-16,23-26,40H,5-14,17-19H2,(H2,35,36)(H,37,41)/t23-,24-,26-,30+/m1/s1. The summed E-state index contributed by atoms with van der Waals surface area (Å²) in [5.74, 6) is 0.544. The van der Waals surface area contributed by atoms with Crippen molar-refractivity contribution in [1.82, 2.24) is 20.1 Å². The molecule has 2 aliphatic carbocycles. The van der Waals surface area contributed by atoms with Gasteiger partial charge in [-0.05, 0) is 87.6 Å². The zero-order chi connectivity index (χ0) is 28.8. The highest BCUT2D eigenvalue weighted by molar-refractivity contribution is 5.99. The normalized spacial score (nSPS) is 29.6. The van der Waals surface area contributed by atoms with Crippen LogP contribution in [0.1, 0.15) is 67.3 Å². The van der Waals surface area contributed by atoms with Gasteiger partial charge in [0, 0.05) is 42.3 Å². The van der Waals surface area contributed by atoms with E-state index in [1.54, 1.807) is 12.3 Å². The van der Waals surface area contributed by atoms with Crippen molar-refractivity contribution in [2.75, 3.05) is 38.5 Å². The lowest BCUT2D eigenvalue weighted by molar-refractivity contribution is -0.148. The minimum Gasteiger partial charge on any atom is -0.393 e. The molecule has 1 aromatic carbocycles. The molecular formula is C31H40F3N5O2. The number of amides is 1. The number of aromatic nitrogens is 1. The maximum atomic E-state index is 13.0. The molecule has 2 atom stereocenters. The Hall–Kier alpha value is -2.69. The Balaban J connectivity index is 1.11. The average molecular weight is 572 g/mol. The van der Waals surface area contributed by atoms with Crippen LogP contribution in [0.5, 0.6) is 0 Å². The Morgan fingerprint density at radius 3 is 2.39 bits per heavy atom. The number of benzene rings is 1. The van der Waals surface area contributed by atoms with Crippen LogP contribution in [0.4, 0.5) is 19.0 Å². The van der Waals surface area contributed by atoms with Gasteiger partial charge < -0.3 is 16.2 Å². The maximum Gasteiger partial charge on any atom is 0.401 e. The maximum absolute atomic E-state index is 13.0. The molecule has 1 amide bonds. The lowest BCUT2D eigenvalue weighted by Gasteiger charge is -2.45. The van der Waals surface area contributed by atoms with Crippen LogP contribution in [-0.4, -0.2) is 82.9 Å². The summed E-state index contributed by atoms with van der Waals surface area (Å²) in [6.07, 6.45) is 4.06. The summed E-state index contributed by atoms with van der Waals surface area (Å²) in [6, 6.07) is 10.8. The Morgan fingerprint density at radius 1 is 1.05 bits per heavy atom. The van der Waals surface area contributed by atoms with Gasteiger partial charge in [-0.2, -0.15) is 13.2 Å². The molecule has 2 saturated heterocycles. The quantitative estimate of drug-likeness (QED) is 0.477. The summed E-state index contributed by atoms with van der Waals surface area (Å²) in [7, 11) is 0. The van der Waals surface area contributed by atoms with Gasteiger partial charge >= 0.3 is 6.18 Å². The number of carbonyl (C=O) groups excluding carboxylic acids is 1. The lowest BCUT2D eigenvalue weighted by atomic mass is 9.58. The first kappa shape index (κ1) is 28.4. The number of aliphatic hydroxyl groups is 1. The lowest BCUT2D eigenvalue weighted by Crippen LogP contribution is -2.47. The number of nitrogens with zero attached hydrogens (tertiary/aromatic N) is 3. The molecule has 4 aliphatic rings. The minimum absolute atomic E-state index is 0.0290. The monoisotopic (exact) mass is 571 g/mol. The van der Waals surface area contributed by atoms with Gasteiger partial charge in [-0.1, -0.05) is 24.3 Å². The number of pyridine rings is 1. The van der Waals surface area contributed by atoms with E-state index in [-0.39, 0.29) is 29.3 Å². The third-order valence-corrected chi connectivity index (χ3v) is 10.1. The molecule has 41 heavy (non-hydrogen) atoms. The van der Waals surface area contributed by atoms with Gasteiger partial charge in [0.05, 0.1) is 18.2 Å². The Morgan fingerprint density at radius 2 is 1.76 bits per heavy atom. The highest BCUT2D eigenvalue weighted by Gasteiger charge is 2.54. The van der Waals surface area contributed by atoms with E-state index in [4.69, 9.17) is 5.73 Å². The largest absolute Gasteiger partial charge is 0.401 e. The second-order valence-corrected chi connectivity index (χ2v) is 12.7. The minimum atomic E-state index is -4.13. The molecule has 2 aliphatic heterocycles. The Labute approximate surface area is 239 Å². The number of rotatable bonds is 6. The molecule has 3 heterocycles. The number of nitrogens with one attached hydrogen (secondary N) is 1. The summed E-state index contributed by atoms with van der Waals surface area (Å²) in [6.45, 7) is 2.19. The van der Waals surface area contributed by atoms with Gasteiger partial charge in [0.1, 0.15) is 5.82 Å². The first-order valence-corrected chi connectivity index (χ1v) is 15.0. The van der Waals surface area contributed by atoms with E-state index in [1.165, 1.54) is 16.9 Å². The fourth-order valence-electron chi connectivity index (χ4n) is 7.62. The zero-order valence-electron chi connectivity index (χ0n) is 23.4. The Bertz CT molecular complexity index is 1240. The van der Waals surface area contributed by atoms with Crippen molar-refractivity contribution >= 4 is 11.7 Å². The summed E-state index contributed by atoms with van der Waals surface area (Å²) in [4.78, 5) is 21.4. The third-order valence-electron chi connectivity index (χ3n) is 10.1. The highest BCUT2D eigenvalue weighted by atomic mass is 19.4. The van der Waals surface area contributed by atoms with Crippen molar-refractivity contribution in [3.8, 4) is 11.1 Å². The molecule has 0 bridgehead atoms. The second kappa shape index (κ2) is 11.2. The van der Waals surface area contributed by atoms with Crippen LogP contribution in [0.25, 0.3) is 11.1 Å². The van der Waals surface area contributed by atoms with Crippen LogP contribution >= 0.6 is 0 Å². The van der Waals surface area contributed by atoms with E-state index in [0.717, 1.165) is 56.3 Å². The van der Waals surface area contributed by atoms with E-state index in [0.29, 0.717) is 43.5 Å². The first-order valence-electron chi connectivity index (χ1n) is 15.0. The van der Waals surface area contributed by atoms with E-state index in [9.17, 15) is 23.1 Å². The number of anilines is 1. The number of nitrogen functional groups attached to an aromatic ring is 1. The van der Waals surface area contributed by atoms with Crippen molar-refractivity contribution in [2.24, 2.45) is 5.92 Å². The van der Waals surface area contributed by atoms with Crippen molar-refractivity contribution in [1.29, 1.82) is 0 Å². The van der Waals surface area contributed by atoms with Crippen LogP contribution in [0.2, 0.25) is 0 Å². The average Bonchev–Trinajstić information content (AvgIpc) is 3.20. The van der Waals surface area contributed by atoms with E-state index in [2.05, 4.69) is 39.5 Å². The topological polar surface area (TPSA) is 94.7 Å². The SMILES string of the molecule is Nc1ncc(-c2ccc([C@@]34CC[C@@H]3CN(C3CCN(CC(F)(F)F)CC3)C4)cc2)cc1C(=O)N[C@H]1CC[C@H](O)CC1. The van der Waals surface area contributed by atoms with Gasteiger partial charge in [0.2, 0.25) is 0 Å². The first-order chi connectivity index (χ1) is 19.6. The number of hydrogen-bond acceptors (Lipinski definition) is 6. The summed E-state index contributed by atoms with van der Waals surface area (Å²) < 4.78 is 38.4. The summed E-state index contributed by atoms with van der Waals surface area (Å²) >= 11 is 0. The molecule has 1 aromatic heterocycles. The van der Waals surface area contributed by atoms with Crippen LogP contribution in [0.3, 0.4) is 0 Å². The number of alkyl halides is 3. The molecule has 6 rings (SSSR count). The molecule has 4 fully saturated rings. The number of likely N-dealkylation sites (tertiary alicyclic amines) is 2. The van der Waals surface area contributed by atoms with E-state index < -0.39 is 12.7 Å². The number of aliphatic hydroxyl groups excluding tert-OH is 1. The molecule has 0 spiro atoms. The zero-order valence-corrected chi connectivity index (χ0v) is 23.4. The number of nitrogens with two attached hydrogens (primary N) is 1. The summed E-state index contributed by atoms with van der Waals surface area (Å²) in [5.41, 5.74) is 9.67. The molecule has 0 radical (unpaired) electrons. The molecule has 222 valence electrons. The second-order valence-electron chi connectivity index (χ2n) is 12.7. The predicted octanol–water partition coefficient (Wildman–Crippen LogP) is 4.35. The van der Waals surface area contributed by atoms with Crippen molar-refractivity contribution in [3.05, 3.63) is 47.7 Å². The molecule has 2 aromatic rings. The van der Waals surface area contributed by atoms with Gasteiger partial charge in [0.25, 0.3) is 5.91 Å². The highest BCUT2D eigenvalue weighted by Crippen LogP contribution is 2.54. The third kappa shape index (κ3) is 5.96. The van der Waals surface area contributed by atoms with Gasteiger partial charge in [-0.3, -0.25) is 14.6 Å². The molecule has 10 heteroatoms. The van der Waals surface area contributed by atoms with Crippen LogP contribution in [0, 0.1) is 5.92 Å². The van der Waals surface area contributed by atoms with Gasteiger partial charge in [0.15, 0.2) is 0 Å².